The second-order valence-corrected chi connectivity index (χ2v) is 18.7. The normalized spacial score (nSPS) is 17.1. The highest BCUT2D eigenvalue weighted by molar-refractivity contribution is 7.81. The second kappa shape index (κ2) is 24.6. The lowest BCUT2D eigenvalue weighted by Crippen LogP contribution is -2.53. The molecule has 0 saturated carbocycles. The van der Waals surface area contributed by atoms with Crippen molar-refractivity contribution < 1.29 is 57.4 Å². The van der Waals surface area contributed by atoms with Gasteiger partial charge in [-0.1, -0.05) is 45.0 Å². The van der Waals surface area contributed by atoms with Gasteiger partial charge < -0.3 is 39.2 Å². The van der Waals surface area contributed by atoms with E-state index >= 15 is 0 Å². The van der Waals surface area contributed by atoms with Crippen LogP contribution in [0.5, 0.6) is 17.2 Å². The van der Waals surface area contributed by atoms with Crippen molar-refractivity contribution in [3.05, 3.63) is 123 Å². The summed E-state index contributed by atoms with van der Waals surface area (Å²) in [7, 11) is 3.11. The quantitative estimate of drug-likeness (QED) is 0.0182. The number of ether oxygens (including phenoxy) is 5. The summed E-state index contributed by atoms with van der Waals surface area (Å²) in [5.74, 6) is -1.15. The number of nitro groups is 1. The van der Waals surface area contributed by atoms with Gasteiger partial charge in [0, 0.05) is 47.1 Å². The van der Waals surface area contributed by atoms with Crippen LogP contribution in [0.2, 0.25) is 0 Å². The van der Waals surface area contributed by atoms with Crippen molar-refractivity contribution in [1.29, 1.82) is 0 Å². The fraction of sp³-hybridized carbons (Fsp3) is 0.423. The summed E-state index contributed by atoms with van der Waals surface area (Å²) >= 11 is 4.50. The number of Topliss-reactive ketones (excluding diaryl/α,β-unsaturated/α-hetero) is 1. The third-order valence-corrected chi connectivity index (χ3v) is 13.1. The molecule has 2 aliphatic rings. The molecule has 4 atom stereocenters. The highest BCUT2D eigenvalue weighted by Gasteiger charge is 2.42. The van der Waals surface area contributed by atoms with Gasteiger partial charge in [0.1, 0.15) is 37.2 Å². The maximum absolute atomic E-state index is 14.1. The van der Waals surface area contributed by atoms with Gasteiger partial charge in [-0.05, 0) is 116 Å². The molecule has 1 unspecified atom stereocenters. The van der Waals surface area contributed by atoms with Crippen molar-refractivity contribution in [2.24, 2.45) is 5.41 Å². The molecule has 2 heterocycles. The van der Waals surface area contributed by atoms with Crippen molar-refractivity contribution in [3.63, 3.8) is 0 Å². The molecule has 2 N–H and O–H groups in total. The molecule has 0 radical (unpaired) electrons. The number of methoxy groups -OCH3 is 2. The number of amides is 4. The predicted molar refractivity (Wildman–Crippen MR) is 266 cm³/mol. The Labute approximate surface area is 418 Å². The van der Waals surface area contributed by atoms with Gasteiger partial charge in [-0.3, -0.25) is 34.2 Å². The van der Waals surface area contributed by atoms with Gasteiger partial charge >= 0.3 is 12.1 Å². The standard InChI is InChI=1S/C52H61N5O13S/c1-6-52(2,3)46(58)49(61)55-25-8-7-15-41(55)50(62)70-43(22-18-33-19-23-44(66-4)45(27-33)67-5)35-11-10-14-39(29-35)68-26-24-53-47(59)36-12-9-13-37(28-36)54-48(60)42-30-40(71)31-56(42)51(63)69-32-34-16-20-38(21-17-34)57(64)65/h9-14,16-17,19-21,23,27-29,40-43,71H,6-8,15,18,22,24-26,30-32H2,1-5H3,(H,53,59)(H,54,60)/t40-,41?,42-,43+/m0/s1. The molecule has 4 amide bonds. The molecule has 0 bridgehead atoms. The summed E-state index contributed by atoms with van der Waals surface area (Å²) in [6, 6.07) is 22.8. The summed E-state index contributed by atoms with van der Waals surface area (Å²) in [5.41, 5.74) is 1.71. The number of nitrogens with one attached hydrogen (secondary N) is 2. The fourth-order valence-corrected chi connectivity index (χ4v) is 8.63. The predicted octanol–water partition coefficient (Wildman–Crippen LogP) is 7.67. The van der Waals surface area contributed by atoms with E-state index in [4.69, 9.17) is 23.7 Å². The van der Waals surface area contributed by atoms with Crippen LogP contribution < -0.4 is 24.8 Å². The number of carbonyl (C=O) groups is 6. The largest absolute Gasteiger partial charge is 0.493 e. The Morgan fingerprint density at radius 1 is 0.873 bits per heavy atom. The highest BCUT2D eigenvalue weighted by Crippen LogP contribution is 2.33. The molecule has 19 heteroatoms. The monoisotopic (exact) mass is 995 g/mol. The third-order valence-electron chi connectivity index (χ3n) is 12.7. The number of piperidine rings is 1. The van der Waals surface area contributed by atoms with E-state index in [0.29, 0.717) is 72.6 Å². The zero-order chi connectivity index (χ0) is 51.2. The van der Waals surface area contributed by atoms with Crippen LogP contribution in [0.25, 0.3) is 0 Å². The molecular weight excluding hydrogens is 935 g/mol. The lowest BCUT2D eigenvalue weighted by Gasteiger charge is -2.36. The topological polar surface area (TPSA) is 222 Å². The van der Waals surface area contributed by atoms with Crippen LogP contribution in [0.15, 0.2) is 91.0 Å². The molecule has 2 saturated heterocycles. The Morgan fingerprint density at radius 2 is 1.61 bits per heavy atom. The molecule has 6 rings (SSSR count). The van der Waals surface area contributed by atoms with Gasteiger partial charge in [-0.25, -0.2) is 9.59 Å². The van der Waals surface area contributed by atoms with Crippen molar-refractivity contribution in [1.82, 2.24) is 15.1 Å². The average molecular weight is 996 g/mol. The first kappa shape index (κ1) is 53.2. The van der Waals surface area contributed by atoms with Crippen LogP contribution in [-0.2, 0) is 41.7 Å². The van der Waals surface area contributed by atoms with Gasteiger partial charge in [0.2, 0.25) is 11.7 Å². The van der Waals surface area contributed by atoms with Crippen molar-refractivity contribution >= 4 is 59.6 Å². The Kier molecular flexibility index (Phi) is 18.4. The zero-order valence-electron chi connectivity index (χ0n) is 40.6. The van der Waals surface area contributed by atoms with Crippen LogP contribution in [0, 0.1) is 15.5 Å². The minimum atomic E-state index is -0.921. The molecule has 2 fully saturated rings. The number of non-ortho nitro benzene ring substituents is 1. The Balaban J connectivity index is 1.06. The molecule has 2 aliphatic heterocycles. The van der Waals surface area contributed by atoms with Crippen LogP contribution in [0.3, 0.4) is 0 Å². The Bertz CT molecular complexity index is 2570. The van der Waals surface area contributed by atoms with E-state index in [-0.39, 0.29) is 55.8 Å². The average Bonchev–Trinajstić information content (AvgIpc) is 3.79. The first-order valence-corrected chi connectivity index (χ1v) is 24.1. The van der Waals surface area contributed by atoms with Crippen LogP contribution >= 0.6 is 12.6 Å². The van der Waals surface area contributed by atoms with Crippen molar-refractivity contribution in [2.75, 3.05) is 45.8 Å². The van der Waals surface area contributed by atoms with E-state index in [1.807, 2.05) is 25.1 Å². The lowest BCUT2D eigenvalue weighted by atomic mass is 9.84. The van der Waals surface area contributed by atoms with Gasteiger partial charge in [-0.15, -0.1) is 0 Å². The number of hydrogen-bond acceptors (Lipinski definition) is 14. The summed E-state index contributed by atoms with van der Waals surface area (Å²) in [5, 5.41) is 16.3. The number of likely N-dealkylation sites (tertiary alicyclic amines) is 2. The van der Waals surface area contributed by atoms with Gasteiger partial charge in [0.15, 0.2) is 11.5 Å². The van der Waals surface area contributed by atoms with E-state index in [1.54, 1.807) is 70.5 Å². The SMILES string of the molecule is CCC(C)(C)C(=O)C(=O)N1CCCCC1C(=O)O[C@H](CCc1ccc(OC)c(OC)c1)c1cccc(OCCNC(=O)c2cccc(NC(=O)[C@@H]3C[C@H](S)CN3C(=O)OCc3ccc([N+](=O)[O-])cc3)c2)c1. The van der Waals surface area contributed by atoms with Crippen molar-refractivity contribution in [2.45, 2.75) is 95.8 Å². The molecule has 0 aromatic heterocycles. The number of aryl methyl sites for hydroxylation is 1. The van der Waals surface area contributed by atoms with E-state index in [9.17, 15) is 38.9 Å². The summed E-state index contributed by atoms with van der Waals surface area (Å²) in [6.45, 7) is 5.77. The molecule has 4 aromatic rings. The second-order valence-electron chi connectivity index (χ2n) is 18.0. The van der Waals surface area contributed by atoms with Crippen molar-refractivity contribution in [3.8, 4) is 17.2 Å². The zero-order valence-corrected chi connectivity index (χ0v) is 41.4. The number of esters is 1. The molecule has 18 nitrogen and oxygen atoms in total. The molecule has 71 heavy (non-hydrogen) atoms. The molecule has 4 aromatic carbocycles. The molecule has 378 valence electrons. The van der Waals surface area contributed by atoms with Gasteiger partial charge in [0.05, 0.1) is 25.7 Å². The van der Waals surface area contributed by atoms with E-state index < -0.39 is 64.1 Å². The van der Waals surface area contributed by atoms with Crippen LogP contribution in [0.4, 0.5) is 16.2 Å². The number of nitro benzene ring substituents is 1. The maximum atomic E-state index is 14.1. The summed E-state index contributed by atoms with van der Waals surface area (Å²) in [6.07, 6.45) is 1.79. The minimum absolute atomic E-state index is 0.0751. The van der Waals surface area contributed by atoms with E-state index in [1.165, 1.54) is 40.1 Å². The smallest absolute Gasteiger partial charge is 0.410 e. The molecule has 0 aliphatic carbocycles. The Morgan fingerprint density at radius 3 is 2.32 bits per heavy atom. The van der Waals surface area contributed by atoms with Gasteiger partial charge in [0.25, 0.3) is 17.5 Å². The fourth-order valence-electron chi connectivity index (χ4n) is 8.26. The number of carbonyl (C=O) groups excluding carboxylic acids is 6. The number of benzene rings is 4. The molecular formula is C52H61N5O13S. The van der Waals surface area contributed by atoms with E-state index in [2.05, 4.69) is 23.3 Å². The minimum Gasteiger partial charge on any atom is -0.493 e. The highest BCUT2D eigenvalue weighted by atomic mass is 32.1. The van der Waals surface area contributed by atoms with Crippen LogP contribution in [-0.4, -0.2) is 108 Å². The summed E-state index contributed by atoms with van der Waals surface area (Å²) < 4.78 is 28.7. The van der Waals surface area contributed by atoms with Crippen LogP contribution in [0.1, 0.15) is 92.4 Å². The first-order chi connectivity index (χ1) is 34.0. The number of rotatable bonds is 21. The number of hydrogen-bond donors (Lipinski definition) is 3. The number of nitrogens with zero attached hydrogens (tertiary/aromatic N) is 3. The third kappa shape index (κ3) is 14.0. The number of thiol groups is 1. The number of ketones is 1. The van der Waals surface area contributed by atoms with Gasteiger partial charge in [-0.2, -0.15) is 12.6 Å². The first-order valence-electron chi connectivity index (χ1n) is 23.5. The van der Waals surface area contributed by atoms with E-state index in [0.717, 1.165) is 5.56 Å². The lowest BCUT2D eigenvalue weighted by molar-refractivity contribution is -0.384. The Hall–Kier alpha value is -7.15. The number of anilines is 1. The maximum Gasteiger partial charge on any atom is 0.410 e. The summed E-state index contributed by atoms with van der Waals surface area (Å²) in [4.78, 5) is 93.8. The molecule has 0 spiro atoms.